The number of halogens is 2. The predicted molar refractivity (Wildman–Crippen MR) is 148 cm³/mol. The molecule has 0 bridgehead atoms. The number of carbonyl (C=O) groups is 2. The smallest absolute Gasteiger partial charge is 0.261 e. The molecule has 7 heteroatoms. The van der Waals surface area contributed by atoms with Gasteiger partial charge >= 0.3 is 0 Å². The van der Waals surface area contributed by atoms with E-state index in [0.29, 0.717) is 22.2 Å². The molecular weight excluding hydrogens is 507 g/mol. The SMILES string of the molecule is O=C(NC1CCCCC1)[C@H](Cc1ccccc1)N(Cc1cccc(Cl)c1)C(=O)COc1ccc(Cl)cc1. The lowest BCUT2D eigenvalue weighted by molar-refractivity contribution is -0.143. The normalized spacial score (nSPS) is 14.5. The molecule has 4 rings (SSSR count). The monoisotopic (exact) mass is 538 g/mol. The number of carbonyl (C=O) groups excluding carboxylic acids is 2. The summed E-state index contributed by atoms with van der Waals surface area (Å²) in [5.74, 6) is 0.110. The van der Waals surface area contributed by atoms with Gasteiger partial charge in [0, 0.05) is 29.1 Å². The van der Waals surface area contributed by atoms with Crippen molar-refractivity contribution < 1.29 is 14.3 Å². The number of nitrogens with one attached hydrogen (secondary N) is 1. The minimum Gasteiger partial charge on any atom is -0.484 e. The van der Waals surface area contributed by atoms with Crippen LogP contribution in [0, 0.1) is 0 Å². The van der Waals surface area contributed by atoms with E-state index in [1.807, 2.05) is 48.5 Å². The lowest BCUT2D eigenvalue weighted by atomic mass is 9.94. The third-order valence-corrected chi connectivity index (χ3v) is 7.13. The molecule has 1 aliphatic rings. The van der Waals surface area contributed by atoms with E-state index in [0.717, 1.165) is 36.8 Å². The van der Waals surface area contributed by atoms with E-state index < -0.39 is 6.04 Å². The Morgan fingerprint density at radius 1 is 0.865 bits per heavy atom. The van der Waals surface area contributed by atoms with Crippen LogP contribution in [-0.2, 0) is 22.6 Å². The molecule has 1 saturated carbocycles. The molecule has 1 N–H and O–H groups in total. The zero-order valence-corrected chi connectivity index (χ0v) is 22.3. The zero-order chi connectivity index (χ0) is 26.0. The molecule has 1 fully saturated rings. The summed E-state index contributed by atoms with van der Waals surface area (Å²) in [6.45, 7) is 0.0309. The molecule has 0 radical (unpaired) electrons. The summed E-state index contributed by atoms with van der Waals surface area (Å²) in [4.78, 5) is 29.0. The van der Waals surface area contributed by atoms with Gasteiger partial charge in [-0.2, -0.15) is 0 Å². The zero-order valence-electron chi connectivity index (χ0n) is 20.7. The van der Waals surface area contributed by atoms with Gasteiger partial charge in [-0.05, 0) is 60.4 Å². The van der Waals surface area contributed by atoms with E-state index in [9.17, 15) is 9.59 Å². The molecule has 5 nitrogen and oxygen atoms in total. The fourth-order valence-electron chi connectivity index (χ4n) is 4.69. The van der Waals surface area contributed by atoms with E-state index in [-0.39, 0.29) is 31.0 Å². The summed E-state index contributed by atoms with van der Waals surface area (Å²) in [5.41, 5.74) is 1.82. The van der Waals surface area contributed by atoms with Crippen LogP contribution in [0.25, 0.3) is 0 Å². The van der Waals surface area contributed by atoms with Crippen molar-refractivity contribution in [3.63, 3.8) is 0 Å². The van der Waals surface area contributed by atoms with Gasteiger partial charge in [0.25, 0.3) is 5.91 Å². The van der Waals surface area contributed by atoms with Gasteiger partial charge in [0.15, 0.2) is 6.61 Å². The second-order valence-electron chi connectivity index (χ2n) is 9.44. The quantitative estimate of drug-likeness (QED) is 0.322. The van der Waals surface area contributed by atoms with Gasteiger partial charge in [0.2, 0.25) is 5.91 Å². The first-order valence-electron chi connectivity index (χ1n) is 12.7. The minimum absolute atomic E-state index is 0.132. The number of amides is 2. The van der Waals surface area contributed by atoms with Crippen LogP contribution in [0.2, 0.25) is 10.0 Å². The summed E-state index contributed by atoms with van der Waals surface area (Å²) in [7, 11) is 0. The Morgan fingerprint density at radius 3 is 2.27 bits per heavy atom. The van der Waals surface area contributed by atoms with E-state index in [1.165, 1.54) is 6.42 Å². The number of rotatable bonds is 10. The fourth-order valence-corrected chi connectivity index (χ4v) is 5.03. The van der Waals surface area contributed by atoms with Crippen molar-refractivity contribution in [3.05, 3.63) is 100 Å². The molecule has 1 aliphatic carbocycles. The second-order valence-corrected chi connectivity index (χ2v) is 10.3. The van der Waals surface area contributed by atoms with Gasteiger partial charge in [-0.1, -0.05) is 84.9 Å². The Labute approximate surface area is 228 Å². The molecular formula is C30H32Cl2N2O3. The molecule has 3 aromatic rings. The molecule has 1 atom stereocenters. The lowest BCUT2D eigenvalue weighted by Crippen LogP contribution is -2.53. The largest absolute Gasteiger partial charge is 0.484 e. The summed E-state index contributed by atoms with van der Waals surface area (Å²) >= 11 is 12.2. The maximum atomic E-state index is 13.7. The maximum Gasteiger partial charge on any atom is 0.261 e. The number of benzene rings is 3. The highest BCUT2D eigenvalue weighted by atomic mass is 35.5. The van der Waals surface area contributed by atoms with Crippen LogP contribution in [0.5, 0.6) is 5.75 Å². The van der Waals surface area contributed by atoms with Crippen LogP contribution in [0.15, 0.2) is 78.9 Å². The van der Waals surface area contributed by atoms with Crippen molar-refractivity contribution in [2.24, 2.45) is 0 Å². The standard InChI is InChI=1S/C30H32Cl2N2O3/c31-24-14-16-27(17-15-24)37-21-29(35)34(20-23-10-7-11-25(32)18-23)28(19-22-8-3-1-4-9-22)30(36)33-26-12-5-2-6-13-26/h1,3-4,7-11,14-18,26,28H,2,5-6,12-13,19-21H2,(H,33,36)/t28-/m0/s1. The third kappa shape index (κ3) is 8.24. The average Bonchev–Trinajstić information content (AvgIpc) is 2.91. The Morgan fingerprint density at radius 2 is 1.57 bits per heavy atom. The molecule has 0 heterocycles. The predicted octanol–water partition coefficient (Wildman–Crippen LogP) is 6.46. The highest BCUT2D eigenvalue weighted by Crippen LogP contribution is 2.21. The highest BCUT2D eigenvalue weighted by molar-refractivity contribution is 6.30. The molecule has 0 spiro atoms. The van der Waals surface area contributed by atoms with Crippen molar-refractivity contribution in [1.82, 2.24) is 10.2 Å². The number of hydrogen-bond donors (Lipinski definition) is 1. The van der Waals surface area contributed by atoms with E-state index >= 15 is 0 Å². The van der Waals surface area contributed by atoms with Crippen LogP contribution in [0.4, 0.5) is 0 Å². The van der Waals surface area contributed by atoms with Crippen LogP contribution < -0.4 is 10.1 Å². The number of ether oxygens (including phenoxy) is 1. The van der Waals surface area contributed by atoms with E-state index in [2.05, 4.69) is 5.32 Å². The molecule has 0 aliphatic heterocycles. The number of hydrogen-bond acceptors (Lipinski definition) is 3. The van der Waals surface area contributed by atoms with Crippen molar-refractivity contribution in [2.45, 2.75) is 57.2 Å². The first-order valence-corrected chi connectivity index (χ1v) is 13.5. The lowest BCUT2D eigenvalue weighted by Gasteiger charge is -2.33. The molecule has 194 valence electrons. The van der Waals surface area contributed by atoms with Crippen LogP contribution in [-0.4, -0.2) is 35.4 Å². The Balaban J connectivity index is 1.60. The third-order valence-electron chi connectivity index (χ3n) is 6.64. The highest BCUT2D eigenvalue weighted by Gasteiger charge is 2.32. The fraction of sp³-hybridized carbons (Fsp3) is 0.333. The Kier molecular flexibility index (Phi) is 9.86. The van der Waals surface area contributed by atoms with Crippen molar-refractivity contribution >= 4 is 35.0 Å². The van der Waals surface area contributed by atoms with Gasteiger partial charge < -0.3 is 15.0 Å². The van der Waals surface area contributed by atoms with Crippen LogP contribution in [0.3, 0.4) is 0 Å². The van der Waals surface area contributed by atoms with E-state index in [1.54, 1.807) is 35.2 Å². The van der Waals surface area contributed by atoms with Gasteiger partial charge in [0.1, 0.15) is 11.8 Å². The van der Waals surface area contributed by atoms with E-state index in [4.69, 9.17) is 27.9 Å². The first kappa shape index (κ1) is 27.0. The van der Waals surface area contributed by atoms with Crippen molar-refractivity contribution in [3.8, 4) is 5.75 Å². The molecule has 3 aromatic carbocycles. The first-order chi connectivity index (χ1) is 18.0. The summed E-state index contributed by atoms with van der Waals surface area (Å²) in [6, 6.07) is 23.4. The maximum absolute atomic E-state index is 13.7. The number of nitrogens with zero attached hydrogens (tertiary/aromatic N) is 1. The van der Waals surface area contributed by atoms with Crippen molar-refractivity contribution in [1.29, 1.82) is 0 Å². The van der Waals surface area contributed by atoms with Gasteiger partial charge in [0.05, 0.1) is 0 Å². The molecule has 0 unspecified atom stereocenters. The van der Waals surface area contributed by atoms with Crippen molar-refractivity contribution in [2.75, 3.05) is 6.61 Å². The Bertz CT molecular complexity index is 1160. The summed E-state index contributed by atoms with van der Waals surface area (Å²) in [5, 5.41) is 4.40. The Hall–Kier alpha value is -3.02. The molecule has 0 saturated heterocycles. The molecule has 2 amide bonds. The molecule has 37 heavy (non-hydrogen) atoms. The second kappa shape index (κ2) is 13.5. The topological polar surface area (TPSA) is 58.6 Å². The summed E-state index contributed by atoms with van der Waals surface area (Å²) < 4.78 is 5.79. The van der Waals surface area contributed by atoms with Gasteiger partial charge in [-0.3, -0.25) is 9.59 Å². The van der Waals surface area contributed by atoms with Crippen LogP contribution >= 0.6 is 23.2 Å². The minimum atomic E-state index is -0.704. The average molecular weight is 540 g/mol. The molecule has 0 aromatic heterocycles. The van der Waals surface area contributed by atoms with Gasteiger partial charge in [-0.15, -0.1) is 0 Å². The van der Waals surface area contributed by atoms with Gasteiger partial charge in [-0.25, -0.2) is 0 Å². The summed E-state index contributed by atoms with van der Waals surface area (Å²) in [6.07, 6.45) is 5.73. The van der Waals surface area contributed by atoms with Crippen LogP contribution in [0.1, 0.15) is 43.2 Å².